The minimum Gasteiger partial charge on any atom is -0.479 e. The average molecular weight is 140 g/mol. The van der Waals surface area contributed by atoms with E-state index in [1.54, 1.807) is 0 Å². The van der Waals surface area contributed by atoms with E-state index >= 15 is 0 Å². The van der Waals surface area contributed by atoms with Gasteiger partial charge in [0.1, 0.15) is 6.10 Å². The first kappa shape index (κ1) is 15.8. The van der Waals surface area contributed by atoms with E-state index < -0.39 is 12.1 Å². The van der Waals surface area contributed by atoms with Gasteiger partial charge in [0.05, 0.1) is 0 Å². The molecule has 1 atom stereocenters. The molecule has 0 aliphatic carbocycles. The van der Waals surface area contributed by atoms with Crippen LogP contribution in [0, 0.1) is 0 Å². The van der Waals surface area contributed by atoms with E-state index in [9.17, 15) is 4.79 Å². The second-order valence-electron chi connectivity index (χ2n) is 1.01. The minimum absolute atomic E-state index is 0. The maximum Gasteiger partial charge on any atom is 0.332 e. The van der Waals surface area contributed by atoms with Crippen molar-refractivity contribution in [2.24, 2.45) is 0 Å². The van der Waals surface area contributed by atoms with Crippen molar-refractivity contribution in [2.45, 2.75) is 13.0 Å². The molecule has 5 heteroatoms. The van der Waals surface area contributed by atoms with Crippen LogP contribution < -0.4 is 0 Å². The molecule has 0 aromatic heterocycles. The van der Waals surface area contributed by atoms with Crippen LogP contribution in [0.25, 0.3) is 0 Å². The molecule has 5 N–H and O–H groups in total. The fraction of sp³-hybridized carbons (Fsp3) is 0.750. The number of carbonyl (C=O) groups is 1. The molecule has 0 aromatic rings. The van der Waals surface area contributed by atoms with Gasteiger partial charge in [0, 0.05) is 7.11 Å². The smallest absolute Gasteiger partial charge is 0.332 e. The lowest BCUT2D eigenvalue weighted by Gasteiger charge is -1.89. The summed E-state index contributed by atoms with van der Waals surface area (Å²) in [6.45, 7) is 1.20. The van der Waals surface area contributed by atoms with E-state index in [4.69, 9.17) is 15.3 Å². The predicted molar refractivity (Wildman–Crippen MR) is 31.1 cm³/mol. The highest BCUT2D eigenvalue weighted by atomic mass is 16.4. The molecule has 0 spiro atoms. The summed E-state index contributed by atoms with van der Waals surface area (Å²) in [5, 5.41) is 22.8. The van der Waals surface area contributed by atoms with Crippen LogP contribution in [0.3, 0.4) is 0 Å². The van der Waals surface area contributed by atoms with Crippen LogP contribution in [-0.2, 0) is 4.79 Å². The predicted octanol–water partition coefficient (Wildman–Crippen LogP) is -1.76. The molecule has 0 aliphatic rings. The molecule has 0 heterocycles. The van der Waals surface area contributed by atoms with Gasteiger partial charge in [-0.15, -0.1) is 0 Å². The molecule has 58 valence electrons. The SMILES string of the molecule is CC(O)C(=O)O.CO.O. The summed E-state index contributed by atoms with van der Waals surface area (Å²) in [6, 6.07) is 0. The molecule has 0 saturated heterocycles. The monoisotopic (exact) mass is 140 g/mol. The lowest BCUT2D eigenvalue weighted by molar-refractivity contribution is -0.145. The number of rotatable bonds is 1. The number of carboxylic acids is 1. The Hall–Kier alpha value is -0.650. The average Bonchev–Trinajstić information content (AvgIpc) is 1.72. The zero-order valence-corrected chi connectivity index (χ0v) is 5.33. The van der Waals surface area contributed by atoms with Gasteiger partial charge in [0.15, 0.2) is 0 Å². The quantitative estimate of drug-likeness (QED) is 0.400. The third-order valence-electron chi connectivity index (χ3n) is 0.357. The molecule has 0 aliphatic heterocycles. The van der Waals surface area contributed by atoms with Crippen molar-refractivity contribution in [1.82, 2.24) is 0 Å². The summed E-state index contributed by atoms with van der Waals surface area (Å²) in [7, 11) is 1.00. The first-order valence-corrected chi connectivity index (χ1v) is 2.00. The Kier molecular flexibility index (Phi) is 18.1. The van der Waals surface area contributed by atoms with Gasteiger partial charge in [-0.3, -0.25) is 0 Å². The number of aliphatic carboxylic acids is 1. The zero-order chi connectivity index (χ0) is 7.15. The second kappa shape index (κ2) is 10.4. The summed E-state index contributed by atoms with van der Waals surface area (Å²) in [4.78, 5) is 9.45. The number of hydrogen-bond donors (Lipinski definition) is 3. The number of aliphatic hydroxyl groups is 2. The molecule has 0 radical (unpaired) electrons. The van der Waals surface area contributed by atoms with Gasteiger partial charge < -0.3 is 20.8 Å². The van der Waals surface area contributed by atoms with Gasteiger partial charge in [-0.2, -0.15) is 0 Å². The van der Waals surface area contributed by atoms with E-state index in [1.165, 1.54) is 6.92 Å². The van der Waals surface area contributed by atoms with Gasteiger partial charge >= 0.3 is 5.97 Å². The molecule has 9 heavy (non-hydrogen) atoms. The lowest BCUT2D eigenvalue weighted by Crippen LogP contribution is -2.13. The number of hydrogen-bond acceptors (Lipinski definition) is 3. The van der Waals surface area contributed by atoms with Gasteiger partial charge in [0.25, 0.3) is 0 Å². The van der Waals surface area contributed by atoms with Gasteiger partial charge in [-0.1, -0.05) is 0 Å². The molecule has 0 aromatic carbocycles. The fourth-order valence-electron chi connectivity index (χ4n) is 0. The van der Waals surface area contributed by atoms with Crippen molar-refractivity contribution in [3.8, 4) is 0 Å². The molecular formula is C4H12O5. The Morgan fingerprint density at radius 2 is 1.56 bits per heavy atom. The Bertz CT molecular complexity index is 60.0. The first-order chi connectivity index (χ1) is 3.64. The largest absolute Gasteiger partial charge is 0.479 e. The lowest BCUT2D eigenvalue weighted by atomic mass is 10.4. The van der Waals surface area contributed by atoms with Crippen molar-refractivity contribution in [1.29, 1.82) is 0 Å². The first-order valence-electron chi connectivity index (χ1n) is 2.00. The molecular weight excluding hydrogens is 128 g/mol. The van der Waals surface area contributed by atoms with Crippen LogP contribution in [0.1, 0.15) is 6.92 Å². The van der Waals surface area contributed by atoms with E-state index in [1.807, 2.05) is 0 Å². The molecule has 0 amide bonds. The standard InChI is InChI=1S/C3H6O3.CH4O.H2O/c1-2(4)3(5)6;1-2;/h2,4H,1H3,(H,5,6);2H,1H3;1H2. The maximum absolute atomic E-state index is 9.45. The van der Waals surface area contributed by atoms with E-state index in [-0.39, 0.29) is 5.48 Å². The highest BCUT2D eigenvalue weighted by Gasteiger charge is 2.01. The van der Waals surface area contributed by atoms with E-state index in [0.717, 1.165) is 7.11 Å². The summed E-state index contributed by atoms with van der Waals surface area (Å²) >= 11 is 0. The molecule has 0 fully saturated rings. The van der Waals surface area contributed by atoms with Gasteiger partial charge in [-0.05, 0) is 6.92 Å². The third kappa shape index (κ3) is 18.7. The highest BCUT2D eigenvalue weighted by molar-refractivity contribution is 5.71. The van der Waals surface area contributed by atoms with Crippen LogP contribution in [0.5, 0.6) is 0 Å². The normalized spacial score (nSPS) is 9.78. The van der Waals surface area contributed by atoms with Crippen molar-refractivity contribution in [2.75, 3.05) is 7.11 Å². The van der Waals surface area contributed by atoms with Crippen molar-refractivity contribution in [3.05, 3.63) is 0 Å². The van der Waals surface area contributed by atoms with Crippen molar-refractivity contribution in [3.63, 3.8) is 0 Å². The van der Waals surface area contributed by atoms with Crippen LogP contribution in [0.2, 0.25) is 0 Å². The number of aliphatic hydroxyl groups excluding tert-OH is 2. The van der Waals surface area contributed by atoms with Gasteiger partial charge in [-0.25, -0.2) is 4.79 Å². The molecule has 0 bridgehead atoms. The summed E-state index contributed by atoms with van der Waals surface area (Å²) in [5.74, 6) is -1.19. The number of carboxylic acid groups (broad SMARTS) is 1. The Morgan fingerprint density at radius 3 is 1.56 bits per heavy atom. The molecule has 5 nitrogen and oxygen atoms in total. The van der Waals surface area contributed by atoms with Crippen LogP contribution in [-0.4, -0.2) is 40.0 Å². The minimum atomic E-state index is -1.23. The summed E-state index contributed by atoms with van der Waals surface area (Å²) in [5.41, 5.74) is 0. The van der Waals surface area contributed by atoms with Crippen LogP contribution >= 0.6 is 0 Å². The fourth-order valence-corrected chi connectivity index (χ4v) is 0. The third-order valence-corrected chi connectivity index (χ3v) is 0.357. The Morgan fingerprint density at radius 1 is 1.44 bits per heavy atom. The van der Waals surface area contributed by atoms with Crippen molar-refractivity contribution >= 4 is 5.97 Å². The van der Waals surface area contributed by atoms with E-state index in [2.05, 4.69) is 0 Å². The summed E-state index contributed by atoms with van der Waals surface area (Å²) in [6.07, 6.45) is -1.23. The van der Waals surface area contributed by atoms with Crippen molar-refractivity contribution < 1.29 is 25.6 Å². The Balaban J connectivity index is -0.000000109. The van der Waals surface area contributed by atoms with Gasteiger partial charge in [0.2, 0.25) is 0 Å². The maximum atomic E-state index is 9.45. The zero-order valence-electron chi connectivity index (χ0n) is 5.33. The Labute approximate surface area is 52.9 Å². The second-order valence-corrected chi connectivity index (χ2v) is 1.01. The molecule has 0 rings (SSSR count). The van der Waals surface area contributed by atoms with E-state index in [0.29, 0.717) is 0 Å². The topological polar surface area (TPSA) is 109 Å². The summed E-state index contributed by atoms with van der Waals surface area (Å²) < 4.78 is 0. The highest BCUT2D eigenvalue weighted by Crippen LogP contribution is 1.73. The molecule has 1 unspecified atom stereocenters. The molecule has 0 saturated carbocycles. The van der Waals surface area contributed by atoms with Crippen LogP contribution in [0.4, 0.5) is 0 Å². The van der Waals surface area contributed by atoms with Crippen LogP contribution in [0.15, 0.2) is 0 Å².